The van der Waals surface area contributed by atoms with Crippen molar-refractivity contribution in [3.63, 3.8) is 0 Å². The van der Waals surface area contributed by atoms with E-state index in [2.05, 4.69) is 9.97 Å². The Hall–Kier alpha value is -1.36. The van der Waals surface area contributed by atoms with Gasteiger partial charge in [-0.25, -0.2) is 9.97 Å². The Morgan fingerprint density at radius 3 is 2.47 bits per heavy atom. The van der Waals surface area contributed by atoms with Crippen molar-refractivity contribution in [3.05, 3.63) is 16.5 Å². The van der Waals surface area contributed by atoms with Crippen LogP contribution in [0.1, 0.15) is 11.4 Å². The molecule has 17 heavy (non-hydrogen) atoms. The van der Waals surface area contributed by atoms with Gasteiger partial charge in [0.25, 0.3) is 0 Å². The van der Waals surface area contributed by atoms with E-state index in [1.54, 1.807) is 11.9 Å². The SMILES string of the molecule is Cc1nc(Cl)c(N2CCN(C)C(=O)C2)nc1C. The number of carbonyl (C=O) groups is 1. The van der Waals surface area contributed by atoms with Crippen LogP contribution < -0.4 is 4.90 Å². The highest BCUT2D eigenvalue weighted by Crippen LogP contribution is 2.23. The zero-order valence-electron chi connectivity index (χ0n) is 10.2. The quantitative estimate of drug-likeness (QED) is 0.751. The average molecular weight is 255 g/mol. The van der Waals surface area contributed by atoms with E-state index in [9.17, 15) is 4.79 Å². The van der Waals surface area contributed by atoms with Gasteiger partial charge in [-0.05, 0) is 13.8 Å². The number of hydrogen-bond donors (Lipinski definition) is 0. The van der Waals surface area contributed by atoms with Crippen LogP contribution in [0.4, 0.5) is 5.82 Å². The molecule has 2 rings (SSSR count). The zero-order valence-corrected chi connectivity index (χ0v) is 11.0. The fourth-order valence-corrected chi connectivity index (χ4v) is 1.99. The molecule has 0 atom stereocenters. The van der Waals surface area contributed by atoms with Crippen LogP contribution in [-0.2, 0) is 4.79 Å². The second kappa shape index (κ2) is 4.49. The minimum Gasteiger partial charge on any atom is -0.343 e. The summed E-state index contributed by atoms with van der Waals surface area (Å²) in [5.74, 6) is 0.684. The van der Waals surface area contributed by atoms with Crippen molar-refractivity contribution in [2.75, 3.05) is 31.6 Å². The molecule has 0 bridgehead atoms. The molecule has 2 heterocycles. The Morgan fingerprint density at radius 1 is 1.18 bits per heavy atom. The van der Waals surface area contributed by atoms with Crippen molar-refractivity contribution < 1.29 is 4.79 Å². The Morgan fingerprint density at radius 2 is 1.82 bits per heavy atom. The molecule has 0 aliphatic carbocycles. The second-order valence-electron chi connectivity index (χ2n) is 4.25. The molecule has 0 spiro atoms. The van der Waals surface area contributed by atoms with E-state index in [4.69, 9.17) is 11.6 Å². The molecule has 5 nitrogen and oxygen atoms in total. The number of piperazine rings is 1. The van der Waals surface area contributed by atoms with Gasteiger partial charge in [-0.3, -0.25) is 4.79 Å². The number of aryl methyl sites for hydroxylation is 2. The van der Waals surface area contributed by atoms with Crippen molar-refractivity contribution in [2.24, 2.45) is 0 Å². The van der Waals surface area contributed by atoms with Gasteiger partial charge in [0, 0.05) is 20.1 Å². The first-order chi connectivity index (χ1) is 7.99. The van der Waals surface area contributed by atoms with Crippen LogP contribution in [0.5, 0.6) is 0 Å². The number of aromatic nitrogens is 2. The van der Waals surface area contributed by atoms with E-state index in [0.29, 0.717) is 24.1 Å². The standard InChI is InChI=1S/C11H15ClN4O/c1-7-8(2)14-11(10(12)13-7)16-5-4-15(3)9(17)6-16/h4-6H2,1-3H3. The predicted molar refractivity (Wildman–Crippen MR) is 66.4 cm³/mol. The van der Waals surface area contributed by atoms with Crippen molar-refractivity contribution in [1.29, 1.82) is 0 Å². The van der Waals surface area contributed by atoms with E-state index in [-0.39, 0.29) is 5.91 Å². The number of hydrogen-bond acceptors (Lipinski definition) is 4. The van der Waals surface area contributed by atoms with Gasteiger partial charge in [0.1, 0.15) is 0 Å². The van der Waals surface area contributed by atoms with E-state index in [1.165, 1.54) is 0 Å². The summed E-state index contributed by atoms with van der Waals surface area (Å²) in [6.07, 6.45) is 0. The molecule has 0 N–H and O–H groups in total. The summed E-state index contributed by atoms with van der Waals surface area (Å²) in [4.78, 5) is 23.9. The van der Waals surface area contributed by atoms with Crippen LogP contribution in [0.2, 0.25) is 5.15 Å². The minimum absolute atomic E-state index is 0.0762. The van der Waals surface area contributed by atoms with E-state index < -0.39 is 0 Å². The fraction of sp³-hybridized carbons (Fsp3) is 0.545. The number of carbonyl (C=O) groups excluding carboxylic acids is 1. The topological polar surface area (TPSA) is 49.3 Å². The highest BCUT2D eigenvalue weighted by atomic mass is 35.5. The smallest absolute Gasteiger partial charge is 0.241 e. The molecule has 1 amide bonds. The number of amides is 1. The highest BCUT2D eigenvalue weighted by molar-refractivity contribution is 6.31. The predicted octanol–water partition coefficient (Wildman–Crippen LogP) is 1.03. The van der Waals surface area contributed by atoms with Crippen molar-refractivity contribution in [2.45, 2.75) is 13.8 Å². The maximum atomic E-state index is 11.6. The Kier molecular flexibility index (Phi) is 3.19. The fourth-order valence-electron chi connectivity index (χ4n) is 1.70. The number of rotatable bonds is 1. The molecule has 1 aromatic rings. The van der Waals surface area contributed by atoms with Crippen LogP contribution in [0, 0.1) is 13.8 Å². The summed E-state index contributed by atoms with van der Waals surface area (Å²) in [6.45, 7) is 5.49. The third-order valence-corrected chi connectivity index (χ3v) is 3.26. The van der Waals surface area contributed by atoms with Crippen molar-refractivity contribution in [3.8, 4) is 0 Å². The molecule has 92 valence electrons. The van der Waals surface area contributed by atoms with Gasteiger partial charge >= 0.3 is 0 Å². The van der Waals surface area contributed by atoms with Crippen LogP contribution in [0.3, 0.4) is 0 Å². The molecule has 1 aromatic heterocycles. The first-order valence-electron chi connectivity index (χ1n) is 5.48. The summed E-state index contributed by atoms with van der Waals surface area (Å²) in [5.41, 5.74) is 1.66. The Balaban J connectivity index is 2.29. The molecule has 6 heteroatoms. The van der Waals surface area contributed by atoms with Gasteiger partial charge in [0.2, 0.25) is 5.91 Å². The Bertz CT molecular complexity index is 463. The van der Waals surface area contributed by atoms with Crippen LogP contribution in [0.15, 0.2) is 0 Å². The van der Waals surface area contributed by atoms with E-state index in [1.807, 2.05) is 18.7 Å². The maximum absolute atomic E-state index is 11.6. The number of likely N-dealkylation sites (N-methyl/N-ethyl adjacent to an activating group) is 1. The van der Waals surface area contributed by atoms with Crippen LogP contribution in [-0.4, -0.2) is 47.5 Å². The summed E-state index contributed by atoms with van der Waals surface area (Å²) in [7, 11) is 1.80. The molecule has 1 aliphatic heterocycles. The lowest BCUT2D eigenvalue weighted by atomic mass is 10.3. The van der Waals surface area contributed by atoms with E-state index in [0.717, 1.165) is 17.9 Å². The number of nitrogens with zero attached hydrogens (tertiary/aromatic N) is 4. The summed E-state index contributed by atoms with van der Waals surface area (Å²) < 4.78 is 0. The largest absolute Gasteiger partial charge is 0.343 e. The maximum Gasteiger partial charge on any atom is 0.241 e. The minimum atomic E-state index is 0.0762. The lowest BCUT2D eigenvalue weighted by molar-refractivity contribution is -0.129. The van der Waals surface area contributed by atoms with Gasteiger partial charge in [-0.2, -0.15) is 0 Å². The van der Waals surface area contributed by atoms with Crippen molar-refractivity contribution in [1.82, 2.24) is 14.9 Å². The highest BCUT2D eigenvalue weighted by Gasteiger charge is 2.24. The van der Waals surface area contributed by atoms with Gasteiger partial charge in [-0.1, -0.05) is 11.6 Å². The van der Waals surface area contributed by atoms with Gasteiger partial charge in [0.15, 0.2) is 11.0 Å². The summed E-state index contributed by atoms with van der Waals surface area (Å²) in [6, 6.07) is 0. The first kappa shape index (κ1) is 12.1. The summed E-state index contributed by atoms with van der Waals surface area (Å²) >= 11 is 6.08. The third kappa shape index (κ3) is 2.34. The molecule has 0 unspecified atom stereocenters. The first-order valence-corrected chi connectivity index (χ1v) is 5.86. The molecule has 1 saturated heterocycles. The molecule has 0 saturated carbocycles. The second-order valence-corrected chi connectivity index (χ2v) is 4.60. The van der Waals surface area contributed by atoms with Crippen LogP contribution >= 0.6 is 11.6 Å². The Labute approximate surface area is 105 Å². The molecule has 0 aromatic carbocycles. The van der Waals surface area contributed by atoms with E-state index >= 15 is 0 Å². The lowest BCUT2D eigenvalue weighted by Gasteiger charge is -2.33. The van der Waals surface area contributed by atoms with Gasteiger partial charge < -0.3 is 9.80 Å². The zero-order chi connectivity index (χ0) is 12.6. The summed E-state index contributed by atoms with van der Waals surface area (Å²) in [5, 5.41) is 0.366. The molecule has 0 radical (unpaired) electrons. The normalized spacial score (nSPS) is 16.6. The van der Waals surface area contributed by atoms with Crippen LogP contribution in [0.25, 0.3) is 0 Å². The monoisotopic (exact) mass is 254 g/mol. The number of halogens is 1. The number of anilines is 1. The molecule has 1 aliphatic rings. The van der Waals surface area contributed by atoms with Gasteiger partial charge in [0.05, 0.1) is 17.9 Å². The molecular weight excluding hydrogens is 240 g/mol. The molecule has 1 fully saturated rings. The average Bonchev–Trinajstić information content (AvgIpc) is 2.27. The third-order valence-electron chi connectivity index (χ3n) is 3.00. The molecular formula is C11H15ClN4O. The van der Waals surface area contributed by atoms with Crippen molar-refractivity contribution >= 4 is 23.3 Å². The van der Waals surface area contributed by atoms with Gasteiger partial charge in [-0.15, -0.1) is 0 Å². The lowest BCUT2D eigenvalue weighted by Crippen LogP contribution is -2.49.